The normalized spacial score (nSPS) is 23.1. The maximum absolute atomic E-state index is 4.47. The average molecular weight is 251 g/mol. The summed E-state index contributed by atoms with van der Waals surface area (Å²) in [5.74, 6) is 0. The van der Waals surface area contributed by atoms with E-state index in [0.29, 0.717) is 5.41 Å². The lowest BCUT2D eigenvalue weighted by atomic mass is 9.84. The molecule has 0 atom stereocenters. The molecule has 94 valence electrons. The highest BCUT2D eigenvalue weighted by Crippen LogP contribution is 2.44. The zero-order chi connectivity index (χ0) is 11.7. The fraction of sp³-hybridized carbons (Fsp3) is 0.846. The van der Waals surface area contributed by atoms with Crippen LogP contribution in [0.3, 0.4) is 0 Å². The van der Waals surface area contributed by atoms with Gasteiger partial charge < -0.3 is 5.32 Å². The predicted octanol–water partition coefficient (Wildman–Crippen LogP) is 3.01. The SMILES string of the molecule is CCC1(c2nnc(CNC3CC3)s2)CCCC1. The minimum absolute atomic E-state index is 0.371. The summed E-state index contributed by atoms with van der Waals surface area (Å²) in [5.41, 5.74) is 0.371. The molecule has 0 unspecified atom stereocenters. The van der Waals surface area contributed by atoms with Crippen molar-refractivity contribution in [3.05, 3.63) is 10.0 Å². The van der Waals surface area contributed by atoms with Crippen LogP contribution in [0, 0.1) is 0 Å². The molecule has 0 saturated heterocycles. The van der Waals surface area contributed by atoms with E-state index in [-0.39, 0.29) is 0 Å². The third-order valence-electron chi connectivity index (χ3n) is 4.28. The molecule has 3 rings (SSSR count). The van der Waals surface area contributed by atoms with Gasteiger partial charge in [-0.05, 0) is 32.1 Å². The summed E-state index contributed by atoms with van der Waals surface area (Å²) in [4.78, 5) is 0. The van der Waals surface area contributed by atoms with Crippen molar-refractivity contribution in [3.63, 3.8) is 0 Å². The van der Waals surface area contributed by atoms with E-state index >= 15 is 0 Å². The first-order valence-electron chi connectivity index (χ1n) is 6.89. The standard InChI is InChI=1S/C13H21N3S/c1-2-13(7-3-4-8-13)12-16-15-11(17-12)9-14-10-5-6-10/h10,14H,2-9H2,1H3. The summed E-state index contributed by atoms with van der Waals surface area (Å²) < 4.78 is 0. The van der Waals surface area contributed by atoms with Gasteiger partial charge in [0.2, 0.25) is 0 Å². The van der Waals surface area contributed by atoms with E-state index < -0.39 is 0 Å². The number of hydrogen-bond acceptors (Lipinski definition) is 4. The predicted molar refractivity (Wildman–Crippen MR) is 70.2 cm³/mol. The molecule has 1 heterocycles. The number of rotatable bonds is 5. The molecule has 0 aromatic carbocycles. The third-order valence-corrected chi connectivity index (χ3v) is 5.45. The summed E-state index contributed by atoms with van der Waals surface area (Å²) >= 11 is 1.84. The monoisotopic (exact) mass is 251 g/mol. The lowest BCUT2D eigenvalue weighted by Crippen LogP contribution is -2.20. The van der Waals surface area contributed by atoms with Gasteiger partial charge in [-0.2, -0.15) is 0 Å². The number of nitrogens with one attached hydrogen (secondary N) is 1. The number of nitrogens with zero attached hydrogens (tertiary/aromatic N) is 2. The van der Waals surface area contributed by atoms with Crippen molar-refractivity contribution in [3.8, 4) is 0 Å². The van der Waals surface area contributed by atoms with E-state index in [9.17, 15) is 0 Å². The Morgan fingerprint density at radius 3 is 2.71 bits per heavy atom. The van der Waals surface area contributed by atoms with Crippen LogP contribution in [0.15, 0.2) is 0 Å². The Bertz CT molecular complexity index is 378. The molecular formula is C13H21N3S. The molecular weight excluding hydrogens is 230 g/mol. The molecule has 4 heteroatoms. The highest BCUT2D eigenvalue weighted by molar-refractivity contribution is 7.11. The lowest BCUT2D eigenvalue weighted by Gasteiger charge is -2.23. The molecule has 1 aromatic rings. The van der Waals surface area contributed by atoms with Crippen molar-refractivity contribution >= 4 is 11.3 Å². The molecule has 0 bridgehead atoms. The van der Waals surface area contributed by atoms with Gasteiger partial charge in [0.15, 0.2) is 0 Å². The van der Waals surface area contributed by atoms with Gasteiger partial charge in [-0.25, -0.2) is 0 Å². The second-order valence-electron chi connectivity index (χ2n) is 5.50. The summed E-state index contributed by atoms with van der Waals surface area (Å²) in [6.45, 7) is 3.22. The second-order valence-corrected chi connectivity index (χ2v) is 6.56. The van der Waals surface area contributed by atoms with E-state index in [4.69, 9.17) is 0 Å². The molecule has 0 aliphatic heterocycles. The van der Waals surface area contributed by atoms with E-state index in [2.05, 4.69) is 22.4 Å². The maximum Gasteiger partial charge on any atom is 0.131 e. The Morgan fingerprint density at radius 1 is 1.29 bits per heavy atom. The van der Waals surface area contributed by atoms with Crippen molar-refractivity contribution in [1.29, 1.82) is 0 Å². The van der Waals surface area contributed by atoms with Gasteiger partial charge in [0.25, 0.3) is 0 Å². The van der Waals surface area contributed by atoms with Crippen LogP contribution < -0.4 is 5.32 Å². The van der Waals surface area contributed by atoms with Crippen molar-refractivity contribution in [1.82, 2.24) is 15.5 Å². The molecule has 17 heavy (non-hydrogen) atoms. The Morgan fingerprint density at radius 2 is 2.06 bits per heavy atom. The van der Waals surface area contributed by atoms with Crippen LogP contribution in [-0.2, 0) is 12.0 Å². The van der Waals surface area contributed by atoms with Crippen LogP contribution >= 0.6 is 11.3 Å². The summed E-state index contributed by atoms with van der Waals surface area (Å²) in [7, 11) is 0. The van der Waals surface area contributed by atoms with Gasteiger partial charge >= 0.3 is 0 Å². The second kappa shape index (κ2) is 4.65. The molecule has 1 N–H and O–H groups in total. The number of hydrogen-bond donors (Lipinski definition) is 1. The van der Waals surface area contributed by atoms with Crippen molar-refractivity contribution in [2.75, 3.05) is 0 Å². The van der Waals surface area contributed by atoms with Crippen LogP contribution in [0.5, 0.6) is 0 Å². The van der Waals surface area contributed by atoms with E-state index in [0.717, 1.165) is 12.6 Å². The number of aromatic nitrogens is 2. The Labute approximate surface area is 107 Å². The highest BCUT2D eigenvalue weighted by Gasteiger charge is 2.37. The Balaban J connectivity index is 1.69. The van der Waals surface area contributed by atoms with Gasteiger partial charge in [-0.1, -0.05) is 31.1 Å². The van der Waals surface area contributed by atoms with Crippen LogP contribution in [-0.4, -0.2) is 16.2 Å². The molecule has 1 aromatic heterocycles. The smallest absolute Gasteiger partial charge is 0.131 e. The third kappa shape index (κ3) is 2.38. The quantitative estimate of drug-likeness (QED) is 0.874. The molecule has 2 fully saturated rings. The Kier molecular flexibility index (Phi) is 3.17. The van der Waals surface area contributed by atoms with E-state index in [1.807, 2.05) is 11.3 Å². The molecule has 0 spiro atoms. The Hall–Kier alpha value is -0.480. The summed E-state index contributed by atoms with van der Waals surface area (Å²) in [6, 6.07) is 0.758. The fourth-order valence-corrected chi connectivity index (χ4v) is 3.94. The highest BCUT2D eigenvalue weighted by atomic mass is 32.1. The molecule has 3 nitrogen and oxygen atoms in total. The van der Waals surface area contributed by atoms with Crippen molar-refractivity contribution < 1.29 is 0 Å². The fourth-order valence-electron chi connectivity index (χ4n) is 2.83. The molecule has 0 radical (unpaired) electrons. The zero-order valence-electron chi connectivity index (χ0n) is 10.5. The largest absolute Gasteiger partial charge is 0.308 e. The summed E-state index contributed by atoms with van der Waals surface area (Å²) in [5, 5.41) is 14.8. The molecule has 2 aliphatic carbocycles. The first-order chi connectivity index (χ1) is 8.32. The van der Waals surface area contributed by atoms with Crippen molar-refractivity contribution in [2.24, 2.45) is 0 Å². The van der Waals surface area contributed by atoms with E-state index in [1.165, 1.54) is 55.0 Å². The van der Waals surface area contributed by atoms with Gasteiger partial charge in [0.1, 0.15) is 10.0 Å². The van der Waals surface area contributed by atoms with Gasteiger partial charge in [-0.15, -0.1) is 10.2 Å². The van der Waals surface area contributed by atoms with Crippen LogP contribution in [0.4, 0.5) is 0 Å². The van der Waals surface area contributed by atoms with Gasteiger partial charge in [0, 0.05) is 18.0 Å². The summed E-state index contributed by atoms with van der Waals surface area (Å²) in [6.07, 6.45) is 9.25. The minimum atomic E-state index is 0.371. The first kappa shape index (κ1) is 11.6. The van der Waals surface area contributed by atoms with Crippen molar-refractivity contribution in [2.45, 2.75) is 69.9 Å². The van der Waals surface area contributed by atoms with Crippen LogP contribution in [0.1, 0.15) is 61.9 Å². The average Bonchev–Trinajstić information content (AvgIpc) is 2.88. The van der Waals surface area contributed by atoms with Crippen LogP contribution in [0.25, 0.3) is 0 Å². The molecule has 0 amide bonds. The zero-order valence-corrected chi connectivity index (χ0v) is 11.4. The van der Waals surface area contributed by atoms with E-state index in [1.54, 1.807) is 0 Å². The minimum Gasteiger partial charge on any atom is -0.308 e. The maximum atomic E-state index is 4.47. The molecule has 2 saturated carbocycles. The lowest BCUT2D eigenvalue weighted by molar-refractivity contribution is 0.419. The topological polar surface area (TPSA) is 37.8 Å². The first-order valence-corrected chi connectivity index (χ1v) is 7.70. The van der Waals surface area contributed by atoms with Gasteiger partial charge in [0.05, 0.1) is 0 Å². The van der Waals surface area contributed by atoms with Gasteiger partial charge in [-0.3, -0.25) is 0 Å². The van der Waals surface area contributed by atoms with Crippen LogP contribution in [0.2, 0.25) is 0 Å². The molecule has 2 aliphatic rings.